The van der Waals surface area contributed by atoms with Crippen LogP contribution in [0.25, 0.3) is 0 Å². The number of aliphatic hydroxyl groups is 1. The van der Waals surface area contributed by atoms with E-state index in [0.717, 1.165) is 12.8 Å². The maximum Gasteiger partial charge on any atom is 0.333 e. The van der Waals surface area contributed by atoms with Crippen molar-refractivity contribution in [2.75, 3.05) is 13.2 Å². The van der Waals surface area contributed by atoms with Crippen molar-refractivity contribution in [3.05, 3.63) is 17.0 Å². The number of hydrogen-bond acceptors (Lipinski definition) is 3. The Balaban J connectivity index is 2.74. The van der Waals surface area contributed by atoms with Gasteiger partial charge in [0.2, 0.25) is 5.91 Å². The van der Waals surface area contributed by atoms with Gasteiger partial charge in [0.05, 0.1) is 18.7 Å². The monoisotopic (exact) mass is 317 g/mol. The highest BCUT2D eigenvalue weighted by molar-refractivity contribution is 5.79. The van der Waals surface area contributed by atoms with Crippen molar-refractivity contribution in [3.63, 3.8) is 0 Å². The third-order valence-corrected chi connectivity index (χ3v) is 4.49. The lowest BCUT2D eigenvalue weighted by molar-refractivity contribution is -0.121. The number of aromatic nitrogens is 2. The summed E-state index contributed by atoms with van der Waals surface area (Å²) < 4.78 is 26.2. The molecule has 0 bridgehead atoms. The van der Waals surface area contributed by atoms with Crippen LogP contribution in [-0.4, -0.2) is 33.9 Å². The molecule has 0 atom stereocenters. The first-order valence-corrected chi connectivity index (χ1v) is 7.50. The Morgan fingerprint density at radius 2 is 1.95 bits per heavy atom. The van der Waals surface area contributed by atoms with Gasteiger partial charge in [-0.2, -0.15) is 13.9 Å². The van der Waals surface area contributed by atoms with Gasteiger partial charge >= 0.3 is 6.55 Å². The molecule has 0 aliphatic heterocycles. The summed E-state index contributed by atoms with van der Waals surface area (Å²) in [7, 11) is 0. The van der Waals surface area contributed by atoms with Gasteiger partial charge < -0.3 is 10.4 Å². The van der Waals surface area contributed by atoms with Crippen LogP contribution in [0.2, 0.25) is 0 Å². The van der Waals surface area contributed by atoms with E-state index in [1.807, 2.05) is 13.8 Å². The Bertz CT molecular complexity index is 503. The van der Waals surface area contributed by atoms with Gasteiger partial charge in [-0.3, -0.25) is 4.79 Å². The van der Waals surface area contributed by atoms with Gasteiger partial charge in [-0.05, 0) is 26.7 Å². The fourth-order valence-electron chi connectivity index (χ4n) is 2.43. The minimum Gasteiger partial charge on any atom is -0.396 e. The minimum atomic E-state index is -2.71. The predicted octanol–water partition coefficient (Wildman–Crippen LogP) is 2.35. The van der Waals surface area contributed by atoms with Gasteiger partial charge in [-0.25, -0.2) is 4.68 Å². The first kappa shape index (κ1) is 18.5. The van der Waals surface area contributed by atoms with Crippen molar-refractivity contribution < 1.29 is 18.7 Å². The fraction of sp³-hybridized carbons (Fsp3) is 0.733. The zero-order valence-corrected chi connectivity index (χ0v) is 13.6. The third-order valence-electron chi connectivity index (χ3n) is 4.49. The number of aliphatic hydroxyl groups excluding tert-OH is 1. The highest BCUT2D eigenvalue weighted by atomic mass is 19.3. The second-order valence-corrected chi connectivity index (χ2v) is 5.69. The molecule has 126 valence electrons. The van der Waals surface area contributed by atoms with E-state index >= 15 is 0 Å². The zero-order valence-electron chi connectivity index (χ0n) is 13.6. The molecular formula is C15H25F2N3O2. The van der Waals surface area contributed by atoms with Gasteiger partial charge in [-0.15, -0.1) is 0 Å². The van der Waals surface area contributed by atoms with Crippen LogP contribution in [0.4, 0.5) is 8.78 Å². The molecule has 7 heteroatoms. The smallest absolute Gasteiger partial charge is 0.333 e. The molecule has 1 rings (SSSR count). The summed E-state index contributed by atoms with van der Waals surface area (Å²) in [5.74, 6) is -0.250. The van der Waals surface area contributed by atoms with Crippen LogP contribution in [0.5, 0.6) is 0 Å². The number of halogens is 2. The second-order valence-electron chi connectivity index (χ2n) is 5.69. The molecule has 5 nitrogen and oxygen atoms in total. The van der Waals surface area contributed by atoms with Crippen molar-refractivity contribution in [1.29, 1.82) is 0 Å². The predicted molar refractivity (Wildman–Crippen MR) is 79.8 cm³/mol. The number of aryl methyl sites for hydroxylation is 1. The van der Waals surface area contributed by atoms with E-state index in [2.05, 4.69) is 10.4 Å². The number of carbonyl (C=O) groups is 1. The number of alkyl halides is 2. The molecule has 2 N–H and O–H groups in total. The lowest BCUT2D eigenvalue weighted by atomic mass is 9.83. The molecule has 0 saturated carbocycles. The normalized spacial score (nSPS) is 12.0. The molecule has 0 unspecified atom stereocenters. The molecule has 0 radical (unpaired) electrons. The lowest BCUT2D eigenvalue weighted by Crippen LogP contribution is -2.40. The SMILES string of the molecule is CCC(CC)(CO)CNC(=O)Cc1c(C)nn(C(F)F)c1C. The molecule has 1 aromatic rings. The Hall–Kier alpha value is -1.50. The van der Waals surface area contributed by atoms with Crippen molar-refractivity contribution in [2.45, 2.75) is 53.5 Å². The number of rotatable bonds is 8. The van der Waals surface area contributed by atoms with Crippen LogP contribution >= 0.6 is 0 Å². The summed E-state index contributed by atoms with van der Waals surface area (Å²) in [6.45, 7) is 4.74. The lowest BCUT2D eigenvalue weighted by Gasteiger charge is -2.29. The quantitative estimate of drug-likeness (QED) is 0.773. The number of nitrogens with one attached hydrogen (secondary N) is 1. The van der Waals surface area contributed by atoms with Gasteiger partial charge in [0.25, 0.3) is 0 Å². The molecular weight excluding hydrogens is 292 g/mol. The van der Waals surface area contributed by atoms with Crippen molar-refractivity contribution in [3.8, 4) is 0 Å². The largest absolute Gasteiger partial charge is 0.396 e. The Morgan fingerprint density at radius 3 is 2.36 bits per heavy atom. The summed E-state index contributed by atoms with van der Waals surface area (Å²) in [5.41, 5.74) is 0.946. The van der Waals surface area contributed by atoms with Crippen molar-refractivity contribution in [2.24, 2.45) is 5.41 Å². The highest BCUT2D eigenvalue weighted by Gasteiger charge is 2.26. The molecule has 0 aliphatic carbocycles. The van der Waals surface area contributed by atoms with E-state index in [1.165, 1.54) is 6.92 Å². The molecule has 0 spiro atoms. The van der Waals surface area contributed by atoms with Crippen molar-refractivity contribution in [1.82, 2.24) is 15.1 Å². The molecule has 1 heterocycles. The van der Waals surface area contributed by atoms with E-state index < -0.39 is 6.55 Å². The topological polar surface area (TPSA) is 67.2 Å². The zero-order chi connectivity index (χ0) is 16.9. The summed E-state index contributed by atoms with van der Waals surface area (Å²) in [6, 6.07) is 0. The average molecular weight is 317 g/mol. The van der Waals surface area contributed by atoms with Crippen LogP contribution < -0.4 is 5.32 Å². The minimum absolute atomic E-state index is 0.00164. The number of amides is 1. The highest BCUT2D eigenvalue weighted by Crippen LogP contribution is 2.24. The van der Waals surface area contributed by atoms with E-state index in [1.54, 1.807) is 6.92 Å². The van der Waals surface area contributed by atoms with Gasteiger partial charge in [-0.1, -0.05) is 13.8 Å². The van der Waals surface area contributed by atoms with Gasteiger partial charge in [0, 0.05) is 23.2 Å². The second kappa shape index (κ2) is 7.67. The standard InChI is InChI=1S/C15H25F2N3O2/c1-5-15(6-2,9-21)8-18-13(22)7-12-10(3)19-20(11(12)4)14(16)17/h14,21H,5-9H2,1-4H3,(H,18,22). The van der Waals surface area contributed by atoms with Gasteiger partial charge in [0.15, 0.2) is 0 Å². The molecule has 0 saturated heterocycles. The average Bonchev–Trinajstić information content (AvgIpc) is 2.77. The van der Waals surface area contributed by atoms with Crippen LogP contribution in [0, 0.1) is 19.3 Å². The molecule has 0 aliphatic rings. The maximum atomic E-state index is 12.8. The van der Waals surface area contributed by atoms with Crippen LogP contribution in [0.1, 0.15) is 50.2 Å². The molecule has 22 heavy (non-hydrogen) atoms. The Kier molecular flexibility index (Phi) is 6.47. The number of hydrogen-bond donors (Lipinski definition) is 2. The molecule has 1 amide bonds. The van der Waals surface area contributed by atoms with E-state index in [9.17, 15) is 18.7 Å². The maximum absolute atomic E-state index is 12.8. The number of nitrogens with zero attached hydrogens (tertiary/aromatic N) is 2. The summed E-state index contributed by atoms with van der Waals surface area (Å²) in [4.78, 5) is 12.1. The Labute approximate surface area is 129 Å². The number of carbonyl (C=O) groups excluding carboxylic acids is 1. The summed E-state index contributed by atoms with van der Waals surface area (Å²) in [5, 5.41) is 16.0. The Morgan fingerprint density at radius 1 is 1.36 bits per heavy atom. The van der Waals surface area contributed by atoms with Crippen molar-refractivity contribution >= 4 is 5.91 Å². The van der Waals surface area contributed by atoms with E-state index in [4.69, 9.17) is 0 Å². The molecule has 1 aromatic heterocycles. The summed E-state index contributed by atoms with van der Waals surface area (Å²) >= 11 is 0. The third kappa shape index (κ3) is 4.03. The summed E-state index contributed by atoms with van der Waals surface area (Å²) in [6.07, 6.45) is 1.52. The van der Waals surface area contributed by atoms with Gasteiger partial charge in [0.1, 0.15) is 0 Å². The van der Waals surface area contributed by atoms with Crippen LogP contribution in [-0.2, 0) is 11.2 Å². The molecule has 0 aromatic carbocycles. The van der Waals surface area contributed by atoms with E-state index in [0.29, 0.717) is 28.2 Å². The van der Waals surface area contributed by atoms with E-state index in [-0.39, 0.29) is 24.3 Å². The fourth-order valence-corrected chi connectivity index (χ4v) is 2.43. The van der Waals surface area contributed by atoms with Crippen LogP contribution in [0.3, 0.4) is 0 Å². The first-order chi connectivity index (χ1) is 10.3. The van der Waals surface area contributed by atoms with Crippen LogP contribution in [0.15, 0.2) is 0 Å². The molecule has 0 fully saturated rings. The first-order valence-electron chi connectivity index (χ1n) is 7.50.